The van der Waals surface area contributed by atoms with Gasteiger partial charge >= 0.3 is 0 Å². The highest BCUT2D eigenvalue weighted by Crippen LogP contribution is 2.23. The molecule has 1 aromatic heterocycles. The van der Waals surface area contributed by atoms with Gasteiger partial charge in [-0.3, -0.25) is 0 Å². The van der Waals surface area contributed by atoms with Gasteiger partial charge in [-0.1, -0.05) is 6.92 Å². The van der Waals surface area contributed by atoms with Crippen LogP contribution in [0.4, 0.5) is 5.82 Å². The van der Waals surface area contributed by atoms with Crippen LogP contribution in [0.3, 0.4) is 0 Å². The second-order valence-corrected chi connectivity index (χ2v) is 5.15. The van der Waals surface area contributed by atoms with E-state index in [1.807, 2.05) is 13.2 Å². The van der Waals surface area contributed by atoms with Gasteiger partial charge in [0, 0.05) is 25.3 Å². The Kier molecular flexibility index (Phi) is 4.00. The van der Waals surface area contributed by atoms with Crippen molar-refractivity contribution in [2.24, 2.45) is 5.92 Å². The van der Waals surface area contributed by atoms with Crippen LogP contribution < -0.4 is 10.2 Å². The largest absolute Gasteiger partial charge is 0.356 e. The molecule has 0 spiro atoms. The monoisotopic (exact) mass is 233 g/mol. The molecule has 17 heavy (non-hydrogen) atoms. The summed E-state index contributed by atoms with van der Waals surface area (Å²) in [4.78, 5) is 6.93. The summed E-state index contributed by atoms with van der Waals surface area (Å²) in [6, 6.07) is 4.70. The zero-order valence-electron chi connectivity index (χ0n) is 11.1. The molecule has 0 radical (unpaired) electrons. The Morgan fingerprint density at radius 3 is 3.06 bits per heavy atom. The van der Waals surface area contributed by atoms with Gasteiger partial charge in [0.05, 0.1) is 0 Å². The third-order valence-corrected chi connectivity index (χ3v) is 3.68. The average molecular weight is 233 g/mol. The van der Waals surface area contributed by atoms with Crippen molar-refractivity contribution in [2.45, 2.75) is 32.7 Å². The molecule has 1 saturated heterocycles. The SMILES string of the molecule is CNC(C)c1ccnc(N2CCCC(C)C2)c1. The van der Waals surface area contributed by atoms with Crippen LogP contribution in [0, 0.1) is 5.92 Å². The van der Waals surface area contributed by atoms with Crippen molar-refractivity contribution >= 4 is 5.82 Å². The number of pyridine rings is 1. The van der Waals surface area contributed by atoms with E-state index in [2.05, 4.69) is 41.2 Å². The molecule has 94 valence electrons. The molecule has 0 bridgehead atoms. The molecular formula is C14H23N3. The van der Waals surface area contributed by atoms with Gasteiger partial charge in [-0.15, -0.1) is 0 Å². The minimum atomic E-state index is 0.388. The first-order chi connectivity index (χ1) is 8.20. The lowest BCUT2D eigenvalue weighted by molar-refractivity contribution is 0.444. The Balaban J connectivity index is 2.15. The first-order valence-electron chi connectivity index (χ1n) is 6.59. The van der Waals surface area contributed by atoms with Crippen LogP contribution in [0.5, 0.6) is 0 Å². The summed E-state index contributed by atoms with van der Waals surface area (Å²) in [5.74, 6) is 1.92. The summed E-state index contributed by atoms with van der Waals surface area (Å²) in [6.07, 6.45) is 4.57. The van der Waals surface area contributed by atoms with Gasteiger partial charge in [-0.25, -0.2) is 4.98 Å². The maximum Gasteiger partial charge on any atom is 0.128 e. The summed E-state index contributed by atoms with van der Waals surface area (Å²) in [6.45, 7) is 6.79. The number of nitrogens with zero attached hydrogens (tertiary/aromatic N) is 2. The molecule has 1 aliphatic heterocycles. The van der Waals surface area contributed by atoms with E-state index >= 15 is 0 Å². The standard InChI is InChI=1S/C14H23N3/c1-11-5-4-8-17(10-11)14-9-13(6-7-16-14)12(2)15-3/h6-7,9,11-12,15H,4-5,8,10H2,1-3H3. The first-order valence-corrected chi connectivity index (χ1v) is 6.59. The van der Waals surface area contributed by atoms with E-state index < -0.39 is 0 Å². The number of anilines is 1. The molecule has 2 atom stereocenters. The normalized spacial score (nSPS) is 22.5. The lowest BCUT2D eigenvalue weighted by Gasteiger charge is -2.32. The predicted octanol–water partition coefficient (Wildman–Crippen LogP) is 2.60. The highest BCUT2D eigenvalue weighted by atomic mass is 15.2. The Labute approximate surface area is 104 Å². The molecule has 0 aromatic carbocycles. The minimum absolute atomic E-state index is 0.388. The molecule has 3 nitrogen and oxygen atoms in total. The quantitative estimate of drug-likeness (QED) is 0.870. The van der Waals surface area contributed by atoms with Gasteiger partial charge in [0.25, 0.3) is 0 Å². The van der Waals surface area contributed by atoms with E-state index in [-0.39, 0.29) is 0 Å². The van der Waals surface area contributed by atoms with Crippen molar-refractivity contribution in [3.63, 3.8) is 0 Å². The topological polar surface area (TPSA) is 28.2 Å². The Hall–Kier alpha value is -1.09. The first kappa shape index (κ1) is 12.4. The van der Waals surface area contributed by atoms with E-state index in [1.54, 1.807) is 0 Å². The summed E-state index contributed by atoms with van der Waals surface area (Å²) in [5, 5.41) is 3.27. The fourth-order valence-corrected chi connectivity index (χ4v) is 2.44. The summed E-state index contributed by atoms with van der Waals surface area (Å²) in [5.41, 5.74) is 1.32. The van der Waals surface area contributed by atoms with Crippen molar-refractivity contribution in [3.05, 3.63) is 23.9 Å². The number of piperidine rings is 1. The van der Waals surface area contributed by atoms with Gasteiger partial charge in [0.1, 0.15) is 5.82 Å². The smallest absolute Gasteiger partial charge is 0.128 e. The van der Waals surface area contributed by atoms with Crippen molar-refractivity contribution in [1.82, 2.24) is 10.3 Å². The van der Waals surface area contributed by atoms with Crippen LogP contribution in [0.15, 0.2) is 18.3 Å². The second kappa shape index (κ2) is 5.50. The number of hydrogen-bond acceptors (Lipinski definition) is 3. The van der Waals surface area contributed by atoms with Crippen LogP contribution in [0.2, 0.25) is 0 Å². The second-order valence-electron chi connectivity index (χ2n) is 5.15. The molecule has 0 saturated carbocycles. The van der Waals surface area contributed by atoms with E-state index in [9.17, 15) is 0 Å². The van der Waals surface area contributed by atoms with Crippen LogP contribution >= 0.6 is 0 Å². The predicted molar refractivity (Wildman–Crippen MR) is 72.3 cm³/mol. The zero-order chi connectivity index (χ0) is 12.3. The minimum Gasteiger partial charge on any atom is -0.356 e. The molecule has 1 fully saturated rings. The highest BCUT2D eigenvalue weighted by Gasteiger charge is 2.18. The molecule has 2 rings (SSSR count). The molecule has 1 N–H and O–H groups in total. The van der Waals surface area contributed by atoms with Gasteiger partial charge in [-0.2, -0.15) is 0 Å². The van der Waals surface area contributed by atoms with E-state index in [0.717, 1.165) is 24.8 Å². The maximum atomic E-state index is 4.51. The molecule has 0 amide bonds. The molecule has 1 aliphatic rings. The van der Waals surface area contributed by atoms with Crippen LogP contribution in [-0.4, -0.2) is 25.1 Å². The number of aromatic nitrogens is 1. The van der Waals surface area contributed by atoms with E-state index in [0.29, 0.717) is 6.04 Å². The molecule has 1 aromatic rings. The van der Waals surface area contributed by atoms with E-state index in [1.165, 1.54) is 18.4 Å². The molecular weight excluding hydrogens is 210 g/mol. The van der Waals surface area contributed by atoms with Crippen LogP contribution in [-0.2, 0) is 0 Å². The van der Waals surface area contributed by atoms with Crippen molar-refractivity contribution in [1.29, 1.82) is 0 Å². The lowest BCUT2D eigenvalue weighted by Crippen LogP contribution is -2.34. The van der Waals surface area contributed by atoms with Gasteiger partial charge in [0.2, 0.25) is 0 Å². The zero-order valence-corrected chi connectivity index (χ0v) is 11.1. The molecule has 2 heterocycles. The lowest BCUT2D eigenvalue weighted by atomic mass is 10.00. The van der Waals surface area contributed by atoms with Crippen molar-refractivity contribution in [3.8, 4) is 0 Å². The Morgan fingerprint density at radius 2 is 2.35 bits per heavy atom. The van der Waals surface area contributed by atoms with Gasteiger partial charge < -0.3 is 10.2 Å². The summed E-state index contributed by atoms with van der Waals surface area (Å²) in [7, 11) is 1.99. The molecule has 2 unspecified atom stereocenters. The fraction of sp³-hybridized carbons (Fsp3) is 0.643. The van der Waals surface area contributed by atoms with Crippen LogP contribution in [0.1, 0.15) is 38.3 Å². The summed E-state index contributed by atoms with van der Waals surface area (Å²) >= 11 is 0. The maximum absolute atomic E-state index is 4.51. The van der Waals surface area contributed by atoms with Crippen molar-refractivity contribution < 1.29 is 0 Å². The fourth-order valence-electron chi connectivity index (χ4n) is 2.44. The van der Waals surface area contributed by atoms with Crippen molar-refractivity contribution in [2.75, 3.05) is 25.0 Å². The third kappa shape index (κ3) is 2.97. The van der Waals surface area contributed by atoms with Gasteiger partial charge in [0.15, 0.2) is 0 Å². The van der Waals surface area contributed by atoms with E-state index in [4.69, 9.17) is 0 Å². The molecule has 0 aliphatic carbocycles. The molecule has 3 heteroatoms. The number of nitrogens with one attached hydrogen (secondary N) is 1. The Bertz CT molecular complexity index is 364. The van der Waals surface area contributed by atoms with Gasteiger partial charge in [-0.05, 0) is 50.4 Å². The Morgan fingerprint density at radius 1 is 1.53 bits per heavy atom. The highest BCUT2D eigenvalue weighted by molar-refractivity contribution is 5.42. The number of rotatable bonds is 3. The average Bonchev–Trinajstić information content (AvgIpc) is 2.38. The third-order valence-electron chi connectivity index (χ3n) is 3.68. The van der Waals surface area contributed by atoms with Crippen LogP contribution in [0.25, 0.3) is 0 Å². The number of hydrogen-bond donors (Lipinski definition) is 1. The summed E-state index contributed by atoms with van der Waals surface area (Å²) < 4.78 is 0.